The summed E-state index contributed by atoms with van der Waals surface area (Å²) < 4.78 is 4.92. The summed E-state index contributed by atoms with van der Waals surface area (Å²) >= 11 is 4.98. The number of piperazine rings is 1. The lowest BCUT2D eigenvalue weighted by Crippen LogP contribution is -2.53. The van der Waals surface area contributed by atoms with Crippen LogP contribution in [0.15, 0.2) is 0 Å². The van der Waals surface area contributed by atoms with Crippen LogP contribution in [0.4, 0.5) is 0 Å². The van der Waals surface area contributed by atoms with Crippen LogP contribution in [-0.4, -0.2) is 66.1 Å². The van der Waals surface area contributed by atoms with E-state index in [0.717, 1.165) is 26.2 Å². The lowest BCUT2D eigenvalue weighted by Gasteiger charge is -2.37. The molecule has 1 fully saturated rings. The first-order chi connectivity index (χ1) is 8.04. The lowest BCUT2D eigenvalue weighted by atomic mass is 10.2. The smallest absolute Gasteiger partial charge is 0.320 e. The summed E-state index contributed by atoms with van der Waals surface area (Å²) in [6, 6.07) is 0.134. The summed E-state index contributed by atoms with van der Waals surface area (Å²) in [6.07, 6.45) is 0. The fourth-order valence-corrected chi connectivity index (χ4v) is 2.03. The first-order valence-electron chi connectivity index (χ1n) is 5.96. The van der Waals surface area contributed by atoms with Crippen LogP contribution in [0.3, 0.4) is 0 Å². The Balaban J connectivity index is 2.30. The van der Waals surface area contributed by atoms with Crippen molar-refractivity contribution in [3.63, 3.8) is 0 Å². The standard InChI is InChI=1S/C11H21N3O2S/c1-3-16-10(15)8-13-4-6-14(7-5-13)9(2)11(12)17/h9H,3-8H2,1-2H3,(H2,12,17). The summed E-state index contributed by atoms with van der Waals surface area (Å²) in [6.45, 7) is 8.14. The first kappa shape index (κ1) is 14.3. The third kappa shape index (κ3) is 4.57. The number of hydrogen-bond donors (Lipinski definition) is 1. The van der Waals surface area contributed by atoms with Gasteiger partial charge in [-0.2, -0.15) is 0 Å². The minimum Gasteiger partial charge on any atom is -0.465 e. The Bertz CT molecular complexity index is 278. The van der Waals surface area contributed by atoms with Gasteiger partial charge in [0, 0.05) is 26.2 Å². The number of carbonyl (C=O) groups is 1. The number of esters is 1. The molecule has 0 amide bonds. The van der Waals surface area contributed by atoms with Crippen molar-refractivity contribution in [3.05, 3.63) is 0 Å². The normalized spacial score (nSPS) is 19.9. The fraction of sp³-hybridized carbons (Fsp3) is 0.818. The minimum absolute atomic E-state index is 0.134. The number of nitrogens with zero attached hydrogens (tertiary/aromatic N) is 2. The average molecular weight is 259 g/mol. The average Bonchev–Trinajstić information content (AvgIpc) is 2.29. The fourth-order valence-electron chi connectivity index (χ4n) is 1.88. The Morgan fingerprint density at radius 1 is 1.41 bits per heavy atom. The second kappa shape index (κ2) is 6.88. The third-order valence-electron chi connectivity index (χ3n) is 3.02. The molecule has 1 heterocycles. The third-order valence-corrected chi connectivity index (χ3v) is 3.37. The predicted molar refractivity (Wildman–Crippen MR) is 70.9 cm³/mol. The maximum atomic E-state index is 11.3. The summed E-state index contributed by atoms with van der Waals surface area (Å²) in [5.74, 6) is -0.150. The number of thiocarbonyl (C=S) groups is 1. The number of hydrogen-bond acceptors (Lipinski definition) is 5. The van der Waals surface area contributed by atoms with Gasteiger partial charge in [0.1, 0.15) is 0 Å². The first-order valence-corrected chi connectivity index (χ1v) is 6.36. The molecule has 1 rings (SSSR count). The molecule has 1 unspecified atom stereocenters. The zero-order chi connectivity index (χ0) is 12.8. The quantitative estimate of drug-likeness (QED) is 0.547. The van der Waals surface area contributed by atoms with Gasteiger partial charge in [-0.05, 0) is 13.8 Å². The molecule has 0 bridgehead atoms. The highest BCUT2D eigenvalue weighted by molar-refractivity contribution is 7.80. The molecule has 1 aliphatic rings. The van der Waals surface area contributed by atoms with E-state index in [0.29, 0.717) is 18.1 Å². The predicted octanol–water partition coefficient (Wildman–Crippen LogP) is -0.158. The van der Waals surface area contributed by atoms with Crippen molar-refractivity contribution in [1.82, 2.24) is 9.80 Å². The highest BCUT2D eigenvalue weighted by Gasteiger charge is 2.23. The summed E-state index contributed by atoms with van der Waals surface area (Å²) in [5.41, 5.74) is 5.62. The Labute approximate surface area is 108 Å². The molecule has 0 aromatic heterocycles. The molecule has 0 spiro atoms. The number of rotatable bonds is 5. The van der Waals surface area contributed by atoms with E-state index in [9.17, 15) is 4.79 Å². The second-order valence-electron chi connectivity index (χ2n) is 4.20. The van der Waals surface area contributed by atoms with Gasteiger partial charge in [0.15, 0.2) is 0 Å². The maximum absolute atomic E-state index is 11.3. The molecule has 98 valence electrons. The summed E-state index contributed by atoms with van der Waals surface area (Å²) in [5, 5.41) is 0. The molecule has 1 aliphatic heterocycles. The summed E-state index contributed by atoms with van der Waals surface area (Å²) in [4.78, 5) is 16.2. The zero-order valence-electron chi connectivity index (χ0n) is 10.5. The van der Waals surface area contributed by atoms with Crippen LogP contribution in [0.1, 0.15) is 13.8 Å². The van der Waals surface area contributed by atoms with Gasteiger partial charge in [0.25, 0.3) is 0 Å². The Morgan fingerprint density at radius 3 is 2.47 bits per heavy atom. The van der Waals surface area contributed by atoms with Crippen molar-refractivity contribution in [2.45, 2.75) is 19.9 Å². The molecule has 2 N–H and O–H groups in total. The van der Waals surface area contributed by atoms with Crippen molar-refractivity contribution < 1.29 is 9.53 Å². The highest BCUT2D eigenvalue weighted by atomic mass is 32.1. The summed E-state index contributed by atoms with van der Waals surface area (Å²) in [7, 11) is 0. The Morgan fingerprint density at radius 2 is 2.00 bits per heavy atom. The van der Waals surface area contributed by atoms with Gasteiger partial charge in [0.05, 0.1) is 24.2 Å². The molecule has 0 saturated carbocycles. The number of carbonyl (C=O) groups excluding carboxylic acids is 1. The Kier molecular flexibility index (Phi) is 5.80. The molecule has 0 radical (unpaired) electrons. The van der Waals surface area contributed by atoms with Crippen LogP contribution in [0.5, 0.6) is 0 Å². The van der Waals surface area contributed by atoms with E-state index >= 15 is 0 Å². The van der Waals surface area contributed by atoms with Crippen molar-refractivity contribution in [2.24, 2.45) is 5.73 Å². The van der Waals surface area contributed by atoms with E-state index in [2.05, 4.69) is 9.80 Å². The molecule has 1 saturated heterocycles. The van der Waals surface area contributed by atoms with Crippen molar-refractivity contribution in [2.75, 3.05) is 39.3 Å². The van der Waals surface area contributed by atoms with E-state index < -0.39 is 0 Å². The monoisotopic (exact) mass is 259 g/mol. The molecule has 6 heteroatoms. The SMILES string of the molecule is CCOC(=O)CN1CCN(C(C)C(N)=S)CC1. The van der Waals surface area contributed by atoms with E-state index in [1.54, 1.807) is 0 Å². The van der Waals surface area contributed by atoms with Gasteiger partial charge in [-0.1, -0.05) is 12.2 Å². The van der Waals surface area contributed by atoms with Crippen LogP contribution < -0.4 is 5.73 Å². The molecule has 0 aromatic carbocycles. The molecule has 1 atom stereocenters. The van der Waals surface area contributed by atoms with Gasteiger partial charge < -0.3 is 10.5 Å². The topological polar surface area (TPSA) is 58.8 Å². The molecular formula is C11H21N3O2S. The largest absolute Gasteiger partial charge is 0.465 e. The second-order valence-corrected chi connectivity index (χ2v) is 4.67. The molecule has 17 heavy (non-hydrogen) atoms. The molecule has 0 aliphatic carbocycles. The minimum atomic E-state index is -0.150. The van der Waals surface area contributed by atoms with Crippen LogP contribution in [0.2, 0.25) is 0 Å². The van der Waals surface area contributed by atoms with Crippen molar-refractivity contribution >= 4 is 23.2 Å². The molecule has 5 nitrogen and oxygen atoms in total. The van der Waals surface area contributed by atoms with E-state index in [1.807, 2.05) is 13.8 Å². The van der Waals surface area contributed by atoms with Crippen LogP contribution in [0, 0.1) is 0 Å². The van der Waals surface area contributed by atoms with Crippen LogP contribution in [-0.2, 0) is 9.53 Å². The molecule has 0 aromatic rings. The zero-order valence-corrected chi connectivity index (χ0v) is 11.3. The van der Waals surface area contributed by atoms with E-state index in [4.69, 9.17) is 22.7 Å². The maximum Gasteiger partial charge on any atom is 0.320 e. The van der Waals surface area contributed by atoms with Gasteiger partial charge in [0.2, 0.25) is 0 Å². The molecular weight excluding hydrogens is 238 g/mol. The van der Waals surface area contributed by atoms with Crippen molar-refractivity contribution in [3.8, 4) is 0 Å². The van der Waals surface area contributed by atoms with Crippen molar-refractivity contribution in [1.29, 1.82) is 0 Å². The van der Waals surface area contributed by atoms with E-state index in [-0.39, 0.29) is 12.0 Å². The Hall–Kier alpha value is -0.720. The number of ether oxygens (including phenoxy) is 1. The van der Waals surface area contributed by atoms with Gasteiger partial charge in [-0.3, -0.25) is 14.6 Å². The van der Waals surface area contributed by atoms with Crippen LogP contribution in [0.25, 0.3) is 0 Å². The highest BCUT2D eigenvalue weighted by Crippen LogP contribution is 2.06. The van der Waals surface area contributed by atoms with Crippen LogP contribution >= 0.6 is 12.2 Å². The van der Waals surface area contributed by atoms with Gasteiger partial charge >= 0.3 is 5.97 Å². The number of nitrogens with two attached hydrogens (primary N) is 1. The van der Waals surface area contributed by atoms with E-state index in [1.165, 1.54) is 0 Å². The van der Waals surface area contributed by atoms with Gasteiger partial charge in [-0.25, -0.2) is 0 Å². The van der Waals surface area contributed by atoms with Gasteiger partial charge in [-0.15, -0.1) is 0 Å². The lowest BCUT2D eigenvalue weighted by molar-refractivity contribution is -0.144.